The molecule has 0 radical (unpaired) electrons. The minimum absolute atomic E-state index is 0.0147. The summed E-state index contributed by atoms with van der Waals surface area (Å²) in [4.78, 5) is 16.4. The Kier molecular flexibility index (Phi) is 3.94. The summed E-state index contributed by atoms with van der Waals surface area (Å²) in [5.74, 6) is 0.426. The molecule has 21 heavy (non-hydrogen) atoms. The molecule has 0 bridgehead atoms. The number of benzene rings is 1. The third-order valence-electron chi connectivity index (χ3n) is 3.23. The highest BCUT2D eigenvalue weighted by molar-refractivity contribution is 7.13. The van der Waals surface area contributed by atoms with Crippen LogP contribution in [-0.4, -0.2) is 14.1 Å². The van der Waals surface area contributed by atoms with Crippen molar-refractivity contribution in [3.05, 3.63) is 63.8 Å². The van der Waals surface area contributed by atoms with Crippen LogP contribution in [0, 0.1) is 0 Å². The molecule has 0 amide bonds. The number of rotatable bonds is 4. The van der Waals surface area contributed by atoms with E-state index in [0.717, 1.165) is 21.8 Å². The maximum atomic E-state index is 11.9. The molecule has 0 unspecified atom stereocenters. The third kappa shape index (κ3) is 2.94. The largest absolute Gasteiger partial charge is 0.328 e. The van der Waals surface area contributed by atoms with E-state index in [-0.39, 0.29) is 5.69 Å². The van der Waals surface area contributed by atoms with Gasteiger partial charge in [0.05, 0.1) is 18.1 Å². The first-order valence-electron chi connectivity index (χ1n) is 6.49. The van der Waals surface area contributed by atoms with Gasteiger partial charge in [-0.05, 0) is 11.6 Å². The molecule has 0 saturated heterocycles. The van der Waals surface area contributed by atoms with Crippen LogP contribution in [-0.2, 0) is 19.5 Å². The Bertz CT molecular complexity index is 818. The fraction of sp³-hybridized carbons (Fsp3) is 0.200. The third-order valence-corrected chi connectivity index (χ3v) is 4.45. The van der Waals surface area contributed by atoms with Crippen molar-refractivity contribution in [2.45, 2.75) is 12.4 Å². The number of alkyl halides is 1. The highest BCUT2D eigenvalue weighted by atomic mass is 35.5. The maximum Gasteiger partial charge on any atom is 0.328 e. The second kappa shape index (κ2) is 5.87. The Labute approximate surface area is 131 Å². The molecule has 108 valence electrons. The van der Waals surface area contributed by atoms with E-state index in [1.165, 1.54) is 0 Å². The van der Waals surface area contributed by atoms with Crippen LogP contribution >= 0.6 is 22.9 Å². The fourth-order valence-corrected chi connectivity index (χ4v) is 3.18. The first-order chi connectivity index (χ1) is 10.2. The normalized spacial score (nSPS) is 11.0. The molecule has 2 heterocycles. The number of nitrogens with zero attached hydrogens (tertiary/aromatic N) is 3. The van der Waals surface area contributed by atoms with Gasteiger partial charge in [0.2, 0.25) is 0 Å². The maximum absolute atomic E-state index is 11.9. The van der Waals surface area contributed by atoms with E-state index in [1.807, 2.05) is 23.6 Å². The molecule has 2 aromatic heterocycles. The zero-order valence-corrected chi connectivity index (χ0v) is 13.1. The summed E-state index contributed by atoms with van der Waals surface area (Å²) in [6, 6.07) is 8.09. The van der Waals surface area contributed by atoms with Crippen molar-refractivity contribution in [1.82, 2.24) is 14.1 Å². The van der Waals surface area contributed by atoms with Gasteiger partial charge >= 0.3 is 5.69 Å². The Morgan fingerprint density at radius 3 is 2.86 bits per heavy atom. The number of imidazole rings is 1. The smallest absolute Gasteiger partial charge is 0.302 e. The minimum atomic E-state index is -0.0147. The molecule has 0 fully saturated rings. The lowest BCUT2D eigenvalue weighted by Gasteiger charge is -2.04. The predicted molar refractivity (Wildman–Crippen MR) is 85.9 cm³/mol. The van der Waals surface area contributed by atoms with Crippen LogP contribution in [0.25, 0.3) is 10.6 Å². The van der Waals surface area contributed by atoms with Crippen LogP contribution < -0.4 is 5.69 Å². The van der Waals surface area contributed by atoms with Crippen molar-refractivity contribution in [3.63, 3.8) is 0 Å². The summed E-state index contributed by atoms with van der Waals surface area (Å²) in [5, 5.41) is 2.92. The molecular formula is C15H14ClN3OS. The molecule has 1 aromatic carbocycles. The van der Waals surface area contributed by atoms with Gasteiger partial charge in [-0.3, -0.25) is 4.57 Å². The van der Waals surface area contributed by atoms with E-state index >= 15 is 0 Å². The van der Waals surface area contributed by atoms with Crippen molar-refractivity contribution in [2.24, 2.45) is 7.05 Å². The number of halogens is 1. The number of aryl methyl sites for hydroxylation is 1. The van der Waals surface area contributed by atoms with Crippen LogP contribution in [0.5, 0.6) is 0 Å². The van der Waals surface area contributed by atoms with Crippen LogP contribution in [0.3, 0.4) is 0 Å². The molecule has 0 aliphatic rings. The number of aromatic nitrogens is 3. The molecule has 0 aliphatic heterocycles. The molecule has 0 saturated carbocycles. The van der Waals surface area contributed by atoms with Gasteiger partial charge in [0.15, 0.2) is 0 Å². The molecule has 3 aromatic rings. The van der Waals surface area contributed by atoms with E-state index in [0.29, 0.717) is 12.4 Å². The molecular weight excluding hydrogens is 306 g/mol. The van der Waals surface area contributed by atoms with E-state index in [1.54, 1.807) is 39.9 Å². The van der Waals surface area contributed by atoms with Gasteiger partial charge in [0.1, 0.15) is 5.01 Å². The second-order valence-electron chi connectivity index (χ2n) is 4.80. The fourth-order valence-electron chi connectivity index (χ4n) is 2.13. The van der Waals surface area contributed by atoms with Gasteiger partial charge in [-0.15, -0.1) is 22.9 Å². The van der Waals surface area contributed by atoms with Gasteiger partial charge in [-0.2, -0.15) is 0 Å². The molecule has 6 heteroatoms. The Balaban J connectivity index is 1.89. The van der Waals surface area contributed by atoms with Gasteiger partial charge in [-0.1, -0.05) is 18.2 Å². The first-order valence-corrected chi connectivity index (χ1v) is 7.90. The van der Waals surface area contributed by atoms with Gasteiger partial charge < -0.3 is 4.57 Å². The molecule has 4 nitrogen and oxygen atoms in total. The number of hydrogen-bond acceptors (Lipinski definition) is 3. The highest BCUT2D eigenvalue weighted by Gasteiger charge is 2.06. The highest BCUT2D eigenvalue weighted by Crippen LogP contribution is 2.25. The van der Waals surface area contributed by atoms with Crippen LogP contribution in [0.1, 0.15) is 11.3 Å². The first kappa shape index (κ1) is 14.1. The van der Waals surface area contributed by atoms with Crippen molar-refractivity contribution in [1.29, 1.82) is 0 Å². The Morgan fingerprint density at radius 2 is 2.19 bits per heavy atom. The minimum Gasteiger partial charge on any atom is -0.302 e. The topological polar surface area (TPSA) is 39.8 Å². The Morgan fingerprint density at radius 1 is 1.33 bits per heavy atom. The van der Waals surface area contributed by atoms with Crippen LogP contribution in [0.2, 0.25) is 0 Å². The van der Waals surface area contributed by atoms with Crippen molar-refractivity contribution in [3.8, 4) is 10.6 Å². The average molecular weight is 320 g/mol. The molecule has 0 N–H and O–H groups in total. The molecule has 3 rings (SSSR count). The zero-order valence-electron chi connectivity index (χ0n) is 11.5. The van der Waals surface area contributed by atoms with Crippen molar-refractivity contribution in [2.75, 3.05) is 0 Å². The standard InChI is InChI=1S/C15H14ClN3OS/c1-18-5-6-19(15(18)20)9-11-3-2-4-12(7-11)14-17-13(8-16)10-21-14/h2-7,10H,8-9H2,1H3. The summed E-state index contributed by atoms with van der Waals surface area (Å²) in [7, 11) is 1.75. The lowest BCUT2D eigenvalue weighted by atomic mass is 10.1. The van der Waals surface area contributed by atoms with E-state index < -0.39 is 0 Å². The van der Waals surface area contributed by atoms with E-state index in [2.05, 4.69) is 11.1 Å². The lowest BCUT2D eigenvalue weighted by molar-refractivity contribution is 0.718. The number of hydrogen-bond donors (Lipinski definition) is 0. The van der Waals surface area contributed by atoms with E-state index in [9.17, 15) is 4.79 Å². The molecule has 0 atom stereocenters. The predicted octanol–water partition coefficient (Wildman–Crippen LogP) is 3.10. The molecule has 0 spiro atoms. The monoisotopic (exact) mass is 319 g/mol. The zero-order chi connectivity index (χ0) is 14.8. The SMILES string of the molecule is Cn1ccn(Cc2cccc(-c3nc(CCl)cs3)c2)c1=O. The molecule has 0 aliphatic carbocycles. The van der Waals surface area contributed by atoms with Crippen LogP contribution in [0.4, 0.5) is 0 Å². The Hall–Kier alpha value is -1.85. The van der Waals surface area contributed by atoms with Crippen molar-refractivity contribution >= 4 is 22.9 Å². The second-order valence-corrected chi connectivity index (χ2v) is 5.92. The van der Waals surface area contributed by atoms with Gasteiger partial charge in [-0.25, -0.2) is 9.78 Å². The number of thiazole rings is 1. The summed E-state index contributed by atoms with van der Waals surface area (Å²) in [6.45, 7) is 0.557. The summed E-state index contributed by atoms with van der Waals surface area (Å²) in [6.07, 6.45) is 3.56. The summed E-state index contributed by atoms with van der Waals surface area (Å²) >= 11 is 7.37. The summed E-state index contributed by atoms with van der Waals surface area (Å²) in [5.41, 5.74) is 3.00. The van der Waals surface area contributed by atoms with E-state index in [4.69, 9.17) is 11.6 Å². The average Bonchev–Trinajstić information content (AvgIpc) is 3.10. The van der Waals surface area contributed by atoms with Gasteiger partial charge in [0, 0.05) is 30.4 Å². The van der Waals surface area contributed by atoms with Gasteiger partial charge in [0.25, 0.3) is 0 Å². The van der Waals surface area contributed by atoms with Crippen LogP contribution in [0.15, 0.2) is 46.8 Å². The quantitative estimate of drug-likeness (QED) is 0.693. The lowest BCUT2D eigenvalue weighted by Crippen LogP contribution is -2.22. The summed E-state index contributed by atoms with van der Waals surface area (Å²) < 4.78 is 3.25. The van der Waals surface area contributed by atoms with Crippen molar-refractivity contribution < 1.29 is 0 Å².